The van der Waals surface area contributed by atoms with Crippen LogP contribution in [0.3, 0.4) is 0 Å². The molecule has 0 aliphatic rings. The fourth-order valence-corrected chi connectivity index (χ4v) is 1.96. The first kappa shape index (κ1) is 15.1. The summed E-state index contributed by atoms with van der Waals surface area (Å²) < 4.78 is 26.3. The Morgan fingerprint density at radius 1 is 1.38 bits per heavy atom. The number of aryl methyl sites for hydroxylation is 1. The summed E-state index contributed by atoms with van der Waals surface area (Å²) in [4.78, 5) is 25.4. The van der Waals surface area contributed by atoms with Gasteiger partial charge in [-0.3, -0.25) is 14.6 Å². The normalized spacial score (nSPS) is 10.4. The molecule has 2 N–H and O–H groups in total. The summed E-state index contributed by atoms with van der Waals surface area (Å²) in [5, 5.41) is 9.70. The number of carbonyl (C=O) groups excluding carboxylic acids is 1. The Labute approximate surface area is 122 Å². The maximum atomic E-state index is 13.3. The summed E-state index contributed by atoms with van der Waals surface area (Å²) >= 11 is 0.923. The highest BCUT2D eigenvalue weighted by Gasteiger charge is 2.10. The molecule has 0 bridgehead atoms. The summed E-state index contributed by atoms with van der Waals surface area (Å²) in [6.07, 6.45) is 0. The zero-order valence-electron chi connectivity index (χ0n) is 10.8. The first-order valence-corrected chi connectivity index (χ1v) is 6.75. The molecule has 1 aromatic carbocycles. The first-order valence-electron chi connectivity index (χ1n) is 5.77. The van der Waals surface area contributed by atoms with Crippen LogP contribution in [-0.4, -0.2) is 26.8 Å². The Morgan fingerprint density at radius 2 is 2.14 bits per heavy atom. The van der Waals surface area contributed by atoms with Gasteiger partial charge in [-0.1, -0.05) is 11.8 Å². The van der Waals surface area contributed by atoms with Crippen LogP contribution in [0, 0.1) is 18.6 Å². The minimum absolute atomic E-state index is 0.135. The van der Waals surface area contributed by atoms with Crippen LogP contribution in [-0.2, 0) is 4.79 Å². The fraction of sp³-hybridized carbons (Fsp3) is 0.167. The van der Waals surface area contributed by atoms with Gasteiger partial charge in [-0.25, -0.2) is 8.78 Å². The molecule has 2 aromatic rings. The molecular weight excluding hydrogens is 302 g/mol. The minimum Gasteiger partial charge on any atom is -0.323 e. The van der Waals surface area contributed by atoms with Crippen molar-refractivity contribution in [3.8, 4) is 0 Å². The summed E-state index contributed by atoms with van der Waals surface area (Å²) in [7, 11) is 0. The number of halogens is 2. The number of H-pyrrole nitrogens is 1. The van der Waals surface area contributed by atoms with Crippen LogP contribution in [0.5, 0.6) is 0 Å². The van der Waals surface area contributed by atoms with Crippen molar-refractivity contribution in [1.29, 1.82) is 0 Å². The number of amides is 1. The van der Waals surface area contributed by atoms with Crippen molar-refractivity contribution >= 4 is 23.4 Å². The number of anilines is 1. The average Bonchev–Trinajstić information content (AvgIpc) is 2.44. The van der Waals surface area contributed by atoms with Gasteiger partial charge in [0.25, 0.3) is 5.56 Å². The molecule has 0 aliphatic carbocycles. The lowest BCUT2D eigenvalue weighted by Crippen LogP contribution is -2.17. The average molecular weight is 312 g/mol. The van der Waals surface area contributed by atoms with Crippen LogP contribution < -0.4 is 10.9 Å². The molecule has 6 nitrogen and oxygen atoms in total. The largest absolute Gasteiger partial charge is 0.323 e. The molecule has 0 fully saturated rings. The zero-order valence-corrected chi connectivity index (χ0v) is 11.6. The number of hydrogen-bond acceptors (Lipinski definition) is 5. The second-order valence-electron chi connectivity index (χ2n) is 4.01. The minimum atomic E-state index is -0.738. The van der Waals surface area contributed by atoms with E-state index >= 15 is 0 Å². The van der Waals surface area contributed by atoms with Crippen molar-refractivity contribution in [3.05, 3.63) is 45.9 Å². The van der Waals surface area contributed by atoms with Crippen molar-refractivity contribution in [2.24, 2.45) is 0 Å². The van der Waals surface area contributed by atoms with E-state index in [0.29, 0.717) is 0 Å². The summed E-state index contributed by atoms with van der Waals surface area (Å²) in [5.74, 6) is -2.09. The maximum Gasteiger partial charge on any atom is 0.273 e. The Hall–Kier alpha value is -2.29. The Kier molecular flexibility index (Phi) is 4.63. The molecular formula is C12H10F2N4O2S. The number of benzene rings is 1. The van der Waals surface area contributed by atoms with E-state index in [9.17, 15) is 18.4 Å². The number of aromatic amines is 1. The Bertz CT molecular complexity index is 735. The smallest absolute Gasteiger partial charge is 0.273 e. The molecule has 0 saturated heterocycles. The molecule has 0 aliphatic heterocycles. The highest BCUT2D eigenvalue weighted by atomic mass is 32.2. The number of rotatable bonds is 4. The van der Waals surface area contributed by atoms with Gasteiger partial charge in [-0.2, -0.15) is 0 Å². The van der Waals surface area contributed by atoms with E-state index in [4.69, 9.17) is 0 Å². The molecule has 0 atom stereocenters. The predicted octanol–water partition coefficient (Wildman–Crippen LogP) is 1.48. The molecule has 1 heterocycles. The van der Waals surface area contributed by atoms with Crippen molar-refractivity contribution in [2.75, 3.05) is 11.1 Å². The number of thioether (sulfide) groups is 1. The summed E-state index contributed by atoms with van der Waals surface area (Å²) in [5.41, 5.74) is -0.432. The van der Waals surface area contributed by atoms with Crippen LogP contribution in [0.25, 0.3) is 0 Å². The Morgan fingerprint density at radius 3 is 2.86 bits per heavy atom. The third-order valence-electron chi connectivity index (χ3n) is 2.38. The molecule has 110 valence electrons. The number of nitrogens with zero attached hydrogens (tertiary/aromatic N) is 2. The van der Waals surface area contributed by atoms with Gasteiger partial charge >= 0.3 is 0 Å². The van der Waals surface area contributed by atoms with Crippen LogP contribution in [0.1, 0.15) is 5.69 Å². The van der Waals surface area contributed by atoms with Crippen molar-refractivity contribution < 1.29 is 13.6 Å². The molecule has 1 amide bonds. The summed E-state index contributed by atoms with van der Waals surface area (Å²) in [6.45, 7) is 1.50. The van der Waals surface area contributed by atoms with Gasteiger partial charge in [0.1, 0.15) is 17.3 Å². The van der Waals surface area contributed by atoms with E-state index in [1.165, 1.54) is 6.92 Å². The van der Waals surface area contributed by atoms with Crippen molar-refractivity contribution in [1.82, 2.24) is 15.2 Å². The van der Waals surface area contributed by atoms with Crippen LogP contribution in [0.15, 0.2) is 28.2 Å². The van der Waals surface area contributed by atoms with E-state index in [0.717, 1.165) is 30.0 Å². The number of hydrogen-bond donors (Lipinski definition) is 2. The lowest BCUT2D eigenvalue weighted by molar-refractivity contribution is -0.113. The third-order valence-corrected chi connectivity index (χ3v) is 3.25. The molecule has 1 aromatic heterocycles. The number of carbonyl (C=O) groups is 1. The summed E-state index contributed by atoms with van der Waals surface area (Å²) in [6, 6.07) is 2.75. The van der Waals surface area contributed by atoms with E-state index in [-0.39, 0.29) is 22.3 Å². The molecule has 0 saturated carbocycles. The molecule has 2 rings (SSSR count). The highest BCUT2D eigenvalue weighted by Crippen LogP contribution is 2.16. The van der Waals surface area contributed by atoms with Gasteiger partial charge in [0.05, 0.1) is 11.4 Å². The SMILES string of the molecule is Cc1nnc(SCC(=O)Nc2cc(F)ccc2F)[nH]c1=O. The first-order chi connectivity index (χ1) is 9.95. The van der Waals surface area contributed by atoms with Crippen LogP contribution in [0.4, 0.5) is 14.5 Å². The maximum absolute atomic E-state index is 13.3. The molecule has 0 radical (unpaired) electrons. The Balaban J connectivity index is 1.97. The van der Waals surface area contributed by atoms with Gasteiger partial charge in [-0.05, 0) is 19.1 Å². The van der Waals surface area contributed by atoms with Gasteiger partial charge in [-0.15, -0.1) is 10.2 Å². The zero-order chi connectivity index (χ0) is 15.4. The predicted molar refractivity (Wildman–Crippen MR) is 73.1 cm³/mol. The lowest BCUT2D eigenvalue weighted by atomic mass is 10.3. The van der Waals surface area contributed by atoms with Crippen molar-refractivity contribution in [2.45, 2.75) is 12.1 Å². The topological polar surface area (TPSA) is 87.7 Å². The fourth-order valence-electron chi connectivity index (χ4n) is 1.36. The van der Waals surface area contributed by atoms with E-state index in [1.54, 1.807) is 0 Å². The second-order valence-corrected chi connectivity index (χ2v) is 4.97. The van der Waals surface area contributed by atoms with E-state index in [2.05, 4.69) is 20.5 Å². The number of aromatic nitrogens is 3. The van der Waals surface area contributed by atoms with Gasteiger partial charge in [0, 0.05) is 6.07 Å². The molecule has 0 spiro atoms. The monoisotopic (exact) mass is 312 g/mol. The quantitative estimate of drug-likeness (QED) is 0.835. The highest BCUT2D eigenvalue weighted by molar-refractivity contribution is 7.99. The van der Waals surface area contributed by atoms with Gasteiger partial charge in [0.15, 0.2) is 5.16 Å². The van der Waals surface area contributed by atoms with Crippen LogP contribution >= 0.6 is 11.8 Å². The second kappa shape index (κ2) is 6.44. The van der Waals surface area contributed by atoms with Crippen molar-refractivity contribution in [3.63, 3.8) is 0 Å². The van der Waals surface area contributed by atoms with E-state index in [1.807, 2.05) is 0 Å². The molecule has 0 unspecified atom stereocenters. The standard InChI is InChI=1S/C12H10F2N4O2S/c1-6-11(20)16-12(18-17-6)21-5-10(19)15-9-4-7(13)2-3-8(9)14/h2-4H,5H2,1H3,(H,15,19)(H,16,18,20). The van der Waals surface area contributed by atoms with Gasteiger partial charge in [0.2, 0.25) is 5.91 Å². The third kappa shape index (κ3) is 4.09. The lowest BCUT2D eigenvalue weighted by Gasteiger charge is -2.06. The van der Waals surface area contributed by atoms with Crippen LogP contribution in [0.2, 0.25) is 0 Å². The molecule has 21 heavy (non-hydrogen) atoms. The van der Waals surface area contributed by atoms with Gasteiger partial charge < -0.3 is 5.32 Å². The van der Waals surface area contributed by atoms with E-state index < -0.39 is 23.1 Å². The number of nitrogens with one attached hydrogen (secondary N) is 2. The molecule has 9 heteroatoms.